The van der Waals surface area contributed by atoms with E-state index in [1.807, 2.05) is 13.8 Å². The first kappa shape index (κ1) is 38.1. The van der Waals surface area contributed by atoms with Gasteiger partial charge in [0.05, 0.1) is 0 Å². The Hall–Kier alpha value is -2.74. The van der Waals surface area contributed by atoms with Crippen LogP contribution in [0.1, 0.15) is 111 Å². The molecule has 0 spiro atoms. The molecule has 7 rings (SSSR count). The third-order valence-corrected chi connectivity index (χ3v) is 10.2. The average molecular weight is 818 g/mol. The molecule has 2 aliphatic rings. The van der Waals surface area contributed by atoms with Crippen molar-refractivity contribution in [3.8, 4) is 22.3 Å². The fraction of sp³-hybridized carbons (Fsp3) is 0.326. The van der Waals surface area contributed by atoms with Crippen LogP contribution < -0.4 is 0 Å². The van der Waals surface area contributed by atoms with Crippen LogP contribution in [0.15, 0.2) is 109 Å². The second-order valence-corrected chi connectivity index (χ2v) is 13.1. The molecule has 0 aliphatic heterocycles. The SMILES string of the molecule is CC.Clc1cc[c-]cc1.[CH2-]CC(CC1c2ccccc2-c2c(CCCC)cccc21)C1c2ccccc2-c2c(CCCC)cccc21.[Hf]. The van der Waals surface area contributed by atoms with Crippen LogP contribution in [-0.2, 0) is 38.7 Å². The molecule has 2 aliphatic carbocycles. The van der Waals surface area contributed by atoms with Gasteiger partial charge in [0.25, 0.3) is 0 Å². The monoisotopic (exact) mass is 818 g/mol. The fourth-order valence-electron chi connectivity index (χ4n) is 7.81. The van der Waals surface area contributed by atoms with Gasteiger partial charge in [-0.1, -0.05) is 136 Å². The number of halogens is 1. The van der Waals surface area contributed by atoms with Crippen LogP contribution in [0.2, 0.25) is 5.02 Å². The second kappa shape index (κ2) is 18.9. The molecule has 3 atom stereocenters. The second-order valence-electron chi connectivity index (χ2n) is 12.7. The van der Waals surface area contributed by atoms with Gasteiger partial charge in [0.1, 0.15) is 0 Å². The Morgan fingerprint density at radius 2 is 1.15 bits per heavy atom. The molecule has 248 valence electrons. The number of hydrogen-bond acceptors (Lipinski definition) is 0. The smallest absolute Gasteiger partial charge is 0.0106 e. The molecule has 0 heterocycles. The first-order valence-corrected chi connectivity index (χ1v) is 18.4. The summed E-state index contributed by atoms with van der Waals surface area (Å²) in [7, 11) is 0. The van der Waals surface area contributed by atoms with E-state index in [-0.39, 0.29) is 25.8 Å². The Balaban J connectivity index is 0.000000458. The summed E-state index contributed by atoms with van der Waals surface area (Å²) in [6.45, 7) is 13.2. The van der Waals surface area contributed by atoms with Gasteiger partial charge in [-0.3, -0.25) is 0 Å². The molecule has 0 saturated heterocycles. The molecule has 0 fully saturated rings. The van der Waals surface area contributed by atoms with Crippen LogP contribution in [0.5, 0.6) is 0 Å². The third kappa shape index (κ3) is 8.17. The van der Waals surface area contributed by atoms with E-state index in [2.05, 4.69) is 112 Å². The van der Waals surface area contributed by atoms with Crippen LogP contribution in [0.25, 0.3) is 22.3 Å². The standard InChI is InChI=1S/C38H41.C6H4Cl.C2H6.Hf/c1-4-7-15-27-17-13-23-33-35(29-19-9-10-20-30(29)37(27)33)25-26(6-3)36-31-21-11-12-22-32(31)38-28(16-8-5-2)18-14-24-34(36)38;7-6-4-2-1-3-5-6;1-2;/h9-14,17-24,26,35-36H,3-8,15-16,25H2,1-2H3;2-5H;1-2H3;/q2*-1;;. The van der Waals surface area contributed by atoms with Crippen LogP contribution in [-0.4, -0.2) is 0 Å². The quantitative estimate of drug-likeness (QED) is 0.0973. The van der Waals surface area contributed by atoms with Crippen molar-refractivity contribution >= 4 is 11.6 Å². The Labute approximate surface area is 315 Å². The predicted molar refractivity (Wildman–Crippen MR) is 204 cm³/mol. The van der Waals surface area contributed by atoms with Gasteiger partial charge < -0.3 is 6.92 Å². The molecule has 0 nitrogen and oxygen atoms in total. The molecular formula is C46H51ClHf-2. The van der Waals surface area contributed by atoms with E-state index in [1.165, 1.54) is 88.6 Å². The van der Waals surface area contributed by atoms with Crippen molar-refractivity contribution < 1.29 is 25.8 Å². The predicted octanol–water partition coefficient (Wildman–Crippen LogP) is 13.7. The fourth-order valence-corrected chi connectivity index (χ4v) is 7.93. The minimum atomic E-state index is 0. The van der Waals surface area contributed by atoms with Gasteiger partial charge >= 0.3 is 0 Å². The van der Waals surface area contributed by atoms with Gasteiger partial charge in [0, 0.05) is 37.7 Å². The summed E-state index contributed by atoms with van der Waals surface area (Å²) in [6, 6.07) is 42.6. The molecule has 0 aromatic heterocycles. The molecule has 0 saturated carbocycles. The maximum absolute atomic E-state index is 5.52. The Kier molecular flexibility index (Phi) is 15.0. The number of hydrogen-bond donors (Lipinski definition) is 0. The molecule has 5 aromatic rings. The van der Waals surface area contributed by atoms with Gasteiger partial charge in [0.2, 0.25) is 0 Å². The van der Waals surface area contributed by atoms with E-state index in [0.29, 0.717) is 17.8 Å². The topological polar surface area (TPSA) is 0 Å². The van der Waals surface area contributed by atoms with E-state index in [0.717, 1.165) is 17.9 Å². The summed E-state index contributed by atoms with van der Waals surface area (Å²) in [4.78, 5) is 0. The molecule has 0 bridgehead atoms. The maximum atomic E-state index is 5.52. The van der Waals surface area contributed by atoms with Crippen molar-refractivity contribution in [2.24, 2.45) is 5.92 Å². The molecular weight excluding hydrogens is 766 g/mol. The van der Waals surface area contributed by atoms with E-state index in [4.69, 9.17) is 11.6 Å². The normalized spacial score (nSPS) is 15.3. The van der Waals surface area contributed by atoms with E-state index in [1.54, 1.807) is 29.8 Å². The van der Waals surface area contributed by atoms with Crippen molar-refractivity contribution in [1.29, 1.82) is 0 Å². The minimum absolute atomic E-state index is 0. The summed E-state index contributed by atoms with van der Waals surface area (Å²) in [5.74, 6) is 1.34. The molecule has 48 heavy (non-hydrogen) atoms. The molecule has 5 aromatic carbocycles. The average Bonchev–Trinajstić information content (AvgIpc) is 3.63. The molecule has 3 unspecified atom stereocenters. The Bertz CT molecular complexity index is 1720. The summed E-state index contributed by atoms with van der Waals surface area (Å²) >= 11 is 5.52. The number of rotatable bonds is 10. The van der Waals surface area contributed by atoms with Gasteiger partial charge in [0.15, 0.2) is 0 Å². The van der Waals surface area contributed by atoms with Crippen LogP contribution in [0.4, 0.5) is 0 Å². The van der Waals surface area contributed by atoms with Gasteiger partial charge in [-0.15, -0.1) is 11.6 Å². The Morgan fingerprint density at radius 1 is 0.646 bits per heavy atom. The zero-order chi connectivity index (χ0) is 33.2. The minimum Gasteiger partial charge on any atom is -0.343 e. The number of benzene rings is 5. The summed E-state index contributed by atoms with van der Waals surface area (Å²) in [5, 5.41) is 0.763. The third-order valence-electron chi connectivity index (χ3n) is 9.90. The first-order chi connectivity index (χ1) is 23.2. The van der Waals surface area contributed by atoms with E-state index < -0.39 is 0 Å². The molecule has 0 amide bonds. The zero-order valence-electron chi connectivity index (χ0n) is 29.4. The van der Waals surface area contributed by atoms with Gasteiger partial charge in [-0.05, 0) is 87.7 Å². The summed E-state index contributed by atoms with van der Waals surface area (Å²) < 4.78 is 0. The number of fused-ring (bicyclic) bond motifs is 6. The van der Waals surface area contributed by atoms with Crippen molar-refractivity contribution in [1.82, 2.24) is 0 Å². The van der Waals surface area contributed by atoms with E-state index >= 15 is 0 Å². The van der Waals surface area contributed by atoms with Crippen LogP contribution in [0.3, 0.4) is 0 Å². The van der Waals surface area contributed by atoms with Crippen molar-refractivity contribution in [3.05, 3.63) is 161 Å². The van der Waals surface area contributed by atoms with E-state index in [9.17, 15) is 0 Å². The number of unbranched alkanes of at least 4 members (excludes halogenated alkanes) is 2. The molecule has 0 N–H and O–H groups in total. The summed E-state index contributed by atoms with van der Waals surface area (Å²) in [5.41, 5.74) is 15.2. The van der Waals surface area contributed by atoms with Crippen molar-refractivity contribution in [2.45, 2.75) is 90.9 Å². The Morgan fingerprint density at radius 3 is 1.69 bits per heavy atom. The summed E-state index contributed by atoms with van der Waals surface area (Å²) in [6.07, 6.45) is 9.39. The largest absolute Gasteiger partial charge is 0.343 e. The maximum Gasteiger partial charge on any atom is 0.0106 e. The van der Waals surface area contributed by atoms with Crippen molar-refractivity contribution in [2.75, 3.05) is 0 Å². The molecule has 0 radical (unpaired) electrons. The first-order valence-electron chi connectivity index (χ1n) is 18.0. The van der Waals surface area contributed by atoms with Crippen LogP contribution in [0, 0.1) is 18.9 Å². The van der Waals surface area contributed by atoms with Crippen molar-refractivity contribution in [3.63, 3.8) is 0 Å². The van der Waals surface area contributed by atoms with Crippen LogP contribution >= 0.6 is 11.6 Å². The molecule has 2 heteroatoms. The van der Waals surface area contributed by atoms with Gasteiger partial charge in [-0.25, -0.2) is 0 Å². The van der Waals surface area contributed by atoms with Gasteiger partial charge in [-0.2, -0.15) is 36.8 Å². The number of aryl methyl sites for hydroxylation is 2. The zero-order valence-corrected chi connectivity index (χ0v) is 33.7.